The summed E-state index contributed by atoms with van der Waals surface area (Å²) < 4.78 is 13.0. The number of rotatable bonds is 4. The average Bonchev–Trinajstić information content (AvgIpc) is 3.10. The quantitative estimate of drug-likeness (QED) is 0.613. The van der Waals surface area contributed by atoms with Crippen LogP contribution < -0.4 is 21.7 Å². The van der Waals surface area contributed by atoms with Crippen LogP contribution in [-0.2, 0) is 0 Å². The number of furan rings is 1. The van der Waals surface area contributed by atoms with Gasteiger partial charge in [-0.2, -0.15) is 0 Å². The standard InChI is InChI=1S/C19H21ClNO2.BrH/c1-21(8-2-3-9-21)10-11-22-15-5-7-17-16-6-4-14(20)12-18(16)23-19(17)13-15;/h4-7,12-13H,2-3,8-11H2,1H3;1H/q+1;/p-1. The van der Waals surface area contributed by atoms with E-state index in [1.165, 1.54) is 25.9 Å². The molecule has 0 amide bonds. The van der Waals surface area contributed by atoms with Crippen LogP contribution in [-0.4, -0.2) is 37.8 Å². The topological polar surface area (TPSA) is 22.4 Å². The zero-order valence-corrected chi connectivity index (χ0v) is 16.1. The molecule has 1 saturated heterocycles. The van der Waals surface area contributed by atoms with E-state index in [0.29, 0.717) is 5.02 Å². The van der Waals surface area contributed by atoms with Gasteiger partial charge in [0.1, 0.15) is 30.1 Å². The lowest BCUT2D eigenvalue weighted by Gasteiger charge is -2.28. The van der Waals surface area contributed by atoms with Crippen molar-refractivity contribution < 1.29 is 30.6 Å². The Morgan fingerprint density at radius 2 is 1.71 bits per heavy atom. The summed E-state index contributed by atoms with van der Waals surface area (Å²) in [4.78, 5) is 0. The first-order valence-corrected chi connectivity index (χ1v) is 8.59. The van der Waals surface area contributed by atoms with Gasteiger partial charge in [0.15, 0.2) is 0 Å². The highest BCUT2D eigenvalue weighted by molar-refractivity contribution is 6.31. The monoisotopic (exact) mass is 409 g/mol. The second kappa shape index (κ2) is 6.95. The summed E-state index contributed by atoms with van der Waals surface area (Å²) in [6.07, 6.45) is 2.67. The van der Waals surface area contributed by atoms with Gasteiger partial charge < -0.3 is 30.6 Å². The summed E-state index contributed by atoms with van der Waals surface area (Å²) in [6, 6.07) is 11.8. The fourth-order valence-electron chi connectivity index (χ4n) is 3.53. The molecule has 3 aromatic rings. The molecule has 0 aliphatic carbocycles. The molecule has 0 unspecified atom stereocenters. The molecule has 1 fully saturated rings. The van der Waals surface area contributed by atoms with Gasteiger partial charge in [-0.25, -0.2) is 0 Å². The van der Waals surface area contributed by atoms with Gasteiger partial charge in [0.25, 0.3) is 0 Å². The van der Waals surface area contributed by atoms with Gasteiger partial charge >= 0.3 is 0 Å². The van der Waals surface area contributed by atoms with Crippen molar-refractivity contribution in [3.63, 3.8) is 0 Å². The normalized spacial score (nSPS) is 16.4. The first kappa shape index (κ1) is 17.6. The van der Waals surface area contributed by atoms with Crippen molar-refractivity contribution in [3.8, 4) is 5.75 Å². The number of fused-ring (bicyclic) bond motifs is 3. The van der Waals surface area contributed by atoms with Crippen LogP contribution in [0.2, 0.25) is 5.02 Å². The van der Waals surface area contributed by atoms with Crippen molar-refractivity contribution in [2.45, 2.75) is 12.8 Å². The largest absolute Gasteiger partial charge is 1.00 e. The average molecular weight is 411 g/mol. The SMILES string of the molecule is C[N+]1(CCOc2ccc3c(c2)oc2cc(Cl)ccc23)CCCC1.[Br-]. The molecule has 1 aliphatic heterocycles. The number of ether oxygens (including phenoxy) is 1. The molecule has 3 nitrogen and oxygen atoms in total. The minimum atomic E-state index is 0. The summed E-state index contributed by atoms with van der Waals surface area (Å²) >= 11 is 6.03. The maximum Gasteiger partial charge on any atom is 0.139 e. The molecule has 0 bridgehead atoms. The molecule has 0 radical (unpaired) electrons. The number of halogens is 2. The van der Waals surface area contributed by atoms with Gasteiger partial charge in [-0.05, 0) is 24.3 Å². The summed E-state index contributed by atoms with van der Waals surface area (Å²) in [5.74, 6) is 0.869. The maximum absolute atomic E-state index is 6.03. The number of hydrogen-bond donors (Lipinski definition) is 0. The van der Waals surface area contributed by atoms with Crippen molar-refractivity contribution in [2.24, 2.45) is 0 Å². The summed E-state index contributed by atoms with van der Waals surface area (Å²) in [7, 11) is 2.32. The number of benzene rings is 2. The zero-order valence-electron chi connectivity index (χ0n) is 13.7. The molecule has 0 saturated carbocycles. The van der Waals surface area contributed by atoms with Crippen molar-refractivity contribution in [1.29, 1.82) is 0 Å². The lowest BCUT2D eigenvalue weighted by atomic mass is 10.1. The first-order valence-electron chi connectivity index (χ1n) is 8.21. The van der Waals surface area contributed by atoms with Gasteiger partial charge in [0.2, 0.25) is 0 Å². The Morgan fingerprint density at radius 1 is 1.04 bits per heavy atom. The van der Waals surface area contributed by atoms with E-state index in [9.17, 15) is 0 Å². The van der Waals surface area contributed by atoms with Crippen LogP contribution in [0.3, 0.4) is 0 Å². The molecule has 0 spiro atoms. The molecule has 0 atom stereocenters. The van der Waals surface area contributed by atoms with Crippen LogP contribution in [0, 0.1) is 0 Å². The Morgan fingerprint density at radius 3 is 2.46 bits per heavy atom. The highest BCUT2D eigenvalue weighted by atomic mass is 79.9. The number of likely N-dealkylation sites (tertiary alicyclic amines) is 1. The lowest BCUT2D eigenvalue weighted by molar-refractivity contribution is -0.897. The third-order valence-electron chi connectivity index (χ3n) is 4.95. The van der Waals surface area contributed by atoms with E-state index in [-0.39, 0.29) is 17.0 Å². The maximum atomic E-state index is 6.03. The second-order valence-corrected chi connectivity index (χ2v) is 7.18. The van der Waals surface area contributed by atoms with Gasteiger partial charge in [-0.15, -0.1) is 0 Å². The van der Waals surface area contributed by atoms with Crippen LogP contribution >= 0.6 is 11.6 Å². The van der Waals surface area contributed by atoms with E-state index >= 15 is 0 Å². The van der Waals surface area contributed by atoms with Crippen molar-refractivity contribution >= 4 is 33.5 Å². The summed E-state index contributed by atoms with van der Waals surface area (Å²) in [6.45, 7) is 4.35. The van der Waals surface area contributed by atoms with Crippen molar-refractivity contribution in [1.82, 2.24) is 0 Å². The van der Waals surface area contributed by atoms with E-state index in [0.717, 1.165) is 45.3 Å². The molecule has 24 heavy (non-hydrogen) atoms. The van der Waals surface area contributed by atoms with Crippen LogP contribution in [0.5, 0.6) is 5.75 Å². The Labute approximate surface area is 157 Å². The Balaban J connectivity index is 0.00000169. The van der Waals surface area contributed by atoms with Gasteiger partial charge in [0, 0.05) is 40.8 Å². The van der Waals surface area contributed by atoms with Crippen LogP contribution in [0.1, 0.15) is 12.8 Å². The Bertz CT molecular complexity index is 855. The number of nitrogens with zero attached hydrogens (tertiary/aromatic N) is 1. The number of quaternary nitrogens is 1. The first-order chi connectivity index (χ1) is 11.1. The summed E-state index contributed by atoms with van der Waals surface area (Å²) in [5.41, 5.74) is 1.67. The molecule has 4 rings (SSSR count). The minimum absolute atomic E-state index is 0. The van der Waals surface area contributed by atoms with Crippen LogP contribution in [0.15, 0.2) is 40.8 Å². The zero-order chi connectivity index (χ0) is 15.9. The fourth-order valence-corrected chi connectivity index (χ4v) is 3.69. The second-order valence-electron chi connectivity index (χ2n) is 6.75. The smallest absolute Gasteiger partial charge is 0.139 e. The van der Waals surface area contributed by atoms with Gasteiger partial charge in [0.05, 0.1) is 20.1 Å². The molecule has 1 aromatic heterocycles. The van der Waals surface area contributed by atoms with Crippen LogP contribution in [0.4, 0.5) is 0 Å². The van der Waals surface area contributed by atoms with Crippen molar-refractivity contribution in [2.75, 3.05) is 33.3 Å². The van der Waals surface area contributed by atoms with E-state index in [2.05, 4.69) is 13.1 Å². The van der Waals surface area contributed by atoms with E-state index in [1.807, 2.05) is 30.3 Å². The van der Waals surface area contributed by atoms with E-state index in [1.54, 1.807) is 0 Å². The molecule has 5 heteroatoms. The third kappa shape index (κ3) is 3.41. The molecule has 2 heterocycles. The molecule has 2 aromatic carbocycles. The van der Waals surface area contributed by atoms with E-state index in [4.69, 9.17) is 20.8 Å². The van der Waals surface area contributed by atoms with Crippen molar-refractivity contribution in [3.05, 3.63) is 41.4 Å². The van der Waals surface area contributed by atoms with Gasteiger partial charge in [-0.1, -0.05) is 11.6 Å². The predicted octanol–water partition coefficient (Wildman–Crippen LogP) is 1.86. The third-order valence-corrected chi connectivity index (χ3v) is 5.19. The fraction of sp³-hybridized carbons (Fsp3) is 0.368. The predicted molar refractivity (Wildman–Crippen MR) is 94.2 cm³/mol. The van der Waals surface area contributed by atoms with Gasteiger partial charge in [-0.3, -0.25) is 0 Å². The molecular weight excluding hydrogens is 390 g/mol. The highest BCUT2D eigenvalue weighted by Crippen LogP contribution is 2.32. The number of hydrogen-bond acceptors (Lipinski definition) is 2. The Kier molecular flexibility index (Phi) is 5.09. The highest BCUT2D eigenvalue weighted by Gasteiger charge is 2.26. The van der Waals surface area contributed by atoms with Crippen LogP contribution in [0.25, 0.3) is 21.9 Å². The molecule has 1 aliphatic rings. The molecule has 128 valence electrons. The minimum Gasteiger partial charge on any atom is -1.00 e. The van der Waals surface area contributed by atoms with E-state index < -0.39 is 0 Å². The number of likely N-dealkylation sites (N-methyl/N-ethyl adjacent to an activating group) is 1. The summed E-state index contributed by atoms with van der Waals surface area (Å²) in [5, 5.41) is 2.88. The Hall–Kier alpha value is -1.23. The molecular formula is C19H21BrClNO2. The molecule has 0 N–H and O–H groups in total. The lowest BCUT2D eigenvalue weighted by Crippen LogP contribution is -3.00.